The molecule has 0 saturated carbocycles. The molecule has 31 heavy (non-hydrogen) atoms. The first-order chi connectivity index (χ1) is 14.8. The summed E-state index contributed by atoms with van der Waals surface area (Å²) < 4.78 is 20.8. The van der Waals surface area contributed by atoms with E-state index in [1.807, 2.05) is 0 Å². The van der Waals surface area contributed by atoms with Gasteiger partial charge in [-0.25, -0.2) is 4.79 Å². The third-order valence-corrected chi connectivity index (χ3v) is 4.00. The highest BCUT2D eigenvalue weighted by molar-refractivity contribution is 5.97. The zero-order chi connectivity index (χ0) is 22.8. The highest BCUT2D eigenvalue weighted by Crippen LogP contribution is 2.28. The first-order valence-electron chi connectivity index (χ1n) is 9.48. The van der Waals surface area contributed by atoms with Crippen molar-refractivity contribution in [1.82, 2.24) is 0 Å². The first kappa shape index (κ1) is 23.5. The van der Waals surface area contributed by atoms with Crippen LogP contribution in [-0.4, -0.2) is 43.2 Å². The third kappa shape index (κ3) is 7.50. The van der Waals surface area contributed by atoms with E-state index in [1.54, 1.807) is 30.3 Å². The summed E-state index contributed by atoms with van der Waals surface area (Å²) in [6.07, 6.45) is 3.28. The van der Waals surface area contributed by atoms with E-state index in [4.69, 9.17) is 18.9 Å². The second-order valence-corrected chi connectivity index (χ2v) is 6.44. The fourth-order valence-corrected chi connectivity index (χ4v) is 2.55. The van der Waals surface area contributed by atoms with Crippen molar-refractivity contribution in [2.75, 3.05) is 20.3 Å². The number of hydrogen-bond donors (Lipinski definition) is 1. The van der Waals surface area contributed by atoms with Gasteiger partial charge in [0.25, 0.3) is 0 Å². The number of esters is 2. The number of benzene rings is 2. The summed E-state index contributed by atoms with van der Waals surface area (Å²) in [6.45, 7) is 3.07. The molecule has 0 heterocycles. The molecule has 0 unspecified atom stereocenters. The van der Waals surface area contributed by atoms with Crippen molar-refractivity contribution in [1.29, 1.82) is 0 Å². The Morgan fingerprint density at radius 3 is 2.45 bits per heavy atom. The van der Waals surface area contributed by atoms with Crippen LogP contribution < -0.4 is 14.2 Å². The smallest absolute Gasteiger partial charge is 0.330 e. The lowest BCUT2D eigenvalue weighted by atomic mass is 10.1. The number of Topliss-reactive ketones (excluding diaryl/α,β-unsaturated/α-hetero) is 1. The molecule has 0 radical (unpaired) electrons. The van der Waals surface area contributed by atoms with Gasteiger partial charge in [-0.1, -0.05) is 6.07 Å². The molecule has 164 valence electrons. The van der Waals surface area contributed by atoms with Crippen molar-refractivity contribution in [3.63, 3.8) is 0 Å². The maximum Gasteiger partial charge on any atom is 0.330 e. The Morgan fingerprint density at radius 1 is 1.00 bits per heavy atom. The fourth-order valence-electron chi connectivity index (χ4n) is 2.55. The SMILES string of the molecule is COc1cc(/C=C/C(=O)OCCCOc2ccc(O)c(C(C)=O)c2)ccc1OC(C)=O. The Hall–Kier alpha value is -3.81. The lowest BCUT2D eigenvalue weighted by molar-refractivity contribution is -0.138. The van der Waals surface area contributed by atoms with Crippen molar-refractivity contribution in [2.24, 2.45) is 0 Å². The van der Waals surface area contributed by atoms with E-state index < -0.39 is 11.9 Å². The monoisotopic (exact) mass is 428 g/mol. The highest BCUT2D eigenvalue weighted by Gasteiger charge is 2.09. The van der Waals surface area contributed by atoms with Crippen LogP contribution in [-0.2, 0) is 14.3 Å². The molecular weight excluding hydrogens is 404 g/mol. The Labute approximate surface area is 180 Å². The first-order valence-corrected chi connectivity index (χ1v) is 9.48. The summed E-state index contributed by atoms with van der Waals surface area (Å²) in [5.41, 5.74) is 0.855. The zero-order valence-electron chi connectivity index (χ0n) is 17.5. The predicted molar refractivity (Wildman–Crippen MR) is 113 cm³/mol. The van der Waals surface area contributed by atoms with Crippen molar-refractivity contribution in [3.8, 4) is 23.0 Å². The van der Waals surface area contributed by atoms with Gasteiger partial charge in [0.15, 0.2) is 17.3 Å². The molecule has 8 heteroatoms. The van der Waals surface area contributed by atoms with Gasteiger partial charge in [0.2, 0.25) is 0 Å². The molecule has 0 aromatic heterocycles. The number of rotatable bonds is 10. The number of aromatic hydroxyl groups is 1. The van der Waals surface area contributed by atoms with Crippen molar-refractivity contribution in [3.05, 3.63) is 53.6 Å². The van der Waals surface area contributed by atoms with Crippen molar-refractivity contribution < 1.29 is 38.4 Å². The van der Waals surface area contributed by atoms with Crippen LogP contribution in [0.4, 0.5) is 0 Å². The van der Waals surface area contributed by atoms with Gasteiger partial charge in [-0.3, -0.25) is 9.59 Å². The Kier molecular flexibility index (Phi) is 8.63. The highest BCUT2D eigenvalue weighted by atomic mass is 16.6. The second-order valence-electron chi connectivity index (χ2n) is 6.44. The van der Waals surface area contributed by atoms with E-state index in [9.17, 15) is 19.5 Å². The Balaban J connectivity index is 1.78. The molecule has 0 aliphatic carbocycles. The molecule has 0 aliphatic heterocycles. The van der Waals surface area contributed by atoms with Gasteiger partial charge in [-0.05, 0) is 48.9 Å². The lowest BCUT2D eigenvalue weighted by Gasteiger charge is -2.09. The molecule has 0 bridgehead atoms. The molecule has 2 aromatic rings. The molecule has 0 aliphatic rings. The van der Waals surface area contributed by atoms with Crippen LogP contribution in [0.2, 0.25) is 0 Å². The number of phenols is 1. The van der Waals surface area contributed by atoms with E-state index in [0.717, 1.165) is 0 Å². The number of hydrogen-bond acceptors (Lipinski definition) is 8. The predicted octanol–water partition coefficient (Wildman–Crippen LogP) is 3.55. The molecule has 0 spiro atoms. The van der Waals surface area contributed by atoms with Crippen LogP contribution in [0.25, 0.3) is 6.08 Å². The Bertz CT molecular complexity index is 978. The quantitative estimate of drug-likeness (QED) is 0.201. The summed E-state index contributed by atoms with van der Waals surface area (Å²) >= 11 is 0. The van der Waals surface area contributed by atoms with Crippen LogP contribution in [0.15, 0.2) is 42.5 Å². The average Bonchev–Trinajstić information content (AvgIpc) is 2.73. The average molecular weight is 428 g/mol. The molecular formula is C23H24O8. The van der Waals surface area contributed by atoms with Gasteiger partial charge < -0.3 is 24.1 Å². The minimum Gasteiger partial charge on any atom is -0.507 e. The number of phenolic OH excluding ortho intramolecular Hbond substituents is 1. The molecule has 2 aromatic carbocycles. The van der Waals surface area contributed by atoms with Gasteiger partial charge in [0.1, 0.15) is 11.5 Å². The van der Waals surface area contributed by atoms with E-state index in [2.05, 4.69) is 0 Å². The van der Waals surface area contributed by atoms with Crippen LogP contribution in [0.3, 0.4) is 0 Å². The molecule has 8 nitrogen and oxygen atoms in total. The van der Waals surface area contributed by atoms with Crippen LogP contribution in [0, 0.1) is 0 Å². The second kappa shape index (κ2) is 11.4. The maximum atomic E-state index is 11.9. The summed E-state index contributed by atoms with van der Waals surface area (Å²) in [4.78, 5) is 34.4. The van der Waals surface area contributed by atoms with E-state index in [-0.39, 0.29) is 30.3 Å². The number of methoxy groups -OCH3 is 1. The van der Waals surface area contributed by atoms with Crippen molar-refractivity contribution in [2.45, 2.75) is 20.3 Å². The Morgan fingerprint density at radius 2 is 1.77 bits per heavy atom. The summed E-state index contributed by atoms with van der Waals surface area (Å²) in [6, 6.07) is 9.28. The van der Waals surface area contributed by atoms with Gasteiger partial charge in [-0.15, -0.1) is 0 Å². The standard InChI is InChI=1S/C23H24O8/c1-15(24)19-14-18(7-8-20(19)26)29-11-4-12-30-23(27)10-6-17-5-9-21(31-16(2)25)22(13-17)28-3/h5-10,13-14,26H,4,11-12H2,1-3H3/b10-6+. The molecule has 1 N–H and O–H groups in total. The fraction of sp³-hybridized carbons (Fsp3) is 0.261. The van der Waals surface area contributed by atoms with Gasteiger partial charge in [0, 0.05) is 19.4 Å². The largest absolute Gasteiger partial charge is 0.507 e. The molecule has 0 saturated heterocycles. The number of carbonyl (C=O) groups is 3. The minimum atomic E-state index is -0.522. The number of ketones is 1. The minimum absolute atomic E-state index is 0.0980. The summed E-state index contributed by atoms with van der Waals surface area (Å²) in [5.74, 6) is -0.240. The maximum absolute atomic E-state index is 11.9. The summed E-state index contributed by atoms with van der Waals surface area (Å²) in [7, 11) is 1.45. The molecule has 0 amide bonds. The lowest BCUT2D eigenvalue weighted by Crippen LogP contribution is -2.07. The molecule has 0 fully saturated rings. The number of ether oxygens (including phenoxy) is 4. The third-order valence-electron chi connectivity index (χ3n) is 4.00. The number of carbonyl (C=O) groups excluding carboxylic acids is 3. The van der Waals surface area contributed by atoms with E-state index in [0.29, 0.717) is 29.2 Å². The normalized spacial score (nSPS) is 10.5. The van der Waals surface area contributed by atoms with Crippen LogP contribution >= 0.6 is 0 Å². The molecule has 2 rings (SSSR count). The van der Waals surface area contributed by atoms with E-state index >= 15 is 0 Å². The van der Waals surface area contributed by atoms with Gasteiger partial charge in [0.05, 0.1) is 25.9 Å². The van der Waals surface area contributed by atoms with Crippen LogP contribution in [0.1, 0.15) is 36.2 Å². The van der Waals surface area contributed by atoms with Gasteiger partial charge >= 0.3 is 11.9 Å². The van der Waals surface area contributed by atoms with Gasteiger partial charge in [-0.2, -0.15) is 0 Å². The van der Waals surface area contributed by atoms with E-state index in [1.165, 1.54) is 39.2 Å². The van der Waals surface area contributed by atoms with Crippen LogP contribution in [0.5, 0.6) is 23.0 Å². The summed E-state index contributed by atoms with van der Waals surface area (Å²) in [5, 5.41) is 9.62. The zero-order valence-corrected chi connectivity index (χ0v) is 17.5. The topological polar surface area (TPSA) is 108 Å². The van der Waals surface area contributed by atoms with Crippen molar-refractivity contribution >= 4 is 23.8 Å². The molecule has 0 atom stereocenters.